The van der Waals surface area contributed by atoms with Gasteiger partial charge in [0.05, 0.1) is 10.9 Å². The largest absolute Gasteiger partial charge is 0.545 e. The molecule has 96 valence electrons. The monoisotopic (exact) mass is 261 g/mol. The van der Waals surface area contributed by atoms with Crippen LogP contribution in [0, 0.1) is 10.1 Å². The summed E-state index contributed by atoms with van der Waals surface area (Å²) in [4.78, 5) is 44.1. The van der Waals surface area contributed by atoms with E-state index in [0.29, 0.717) is 4.90 Å². The Hall–Kier alpha value is -3.03. The molecule has 0 aliphatic carbocycles. The van der Waals surface area contributed by atoms with Crippen LogP contribution >= 0.6 is 0 Å². The van der Waals surface area contributed by atoms with E-state index in [1.807, 2.05) is 0 Å². The van der Waals surface area contributed by atoms with Gasteiger partial charge in [-0.05, 0) is 6.07 Å². The fraction of sp³-hybridized carbons (Fsp3) is 0. The van der Waals surface area contributed by atoms with Crippen molar-refractivity contribution in [2.45, 2.75) is 0 Å². The van der Waals surface area contributed by atoms with Gasteiger partial charge in [0, 0.05) is 23.8 Å². The average Bonchev–Trinajstić information content (AvgIpc) is 2.68. The summed E-state index contributed by atoms with van der Waals surface area (Å²) in [5.74, 6) is -3.05. The Morgan fingerprint density at radius 3 is 2.21 bits per heavy atom. The SMILES string of the molecule is O=C([O-])c1ccc(N2C(=O)C=CC2=O)c([N+](=O)[O-])c1. The minimum absolute atomic E-state index is 0.282. The van der Waals surface area contributed by atoms with E-state index >= 15 is 0 Å². The van der Waals surface area contributed by atoms with Gasteiger partial charge in [-0.1, -0.05) is 6.07 Å². The number of rotatable bonds is 3. The van der Waals surface area contributed by atoms with Crippen molar-refractivity contribution in [3.05, 3.63) is 46.0 Å². The first kappa shape index (κ1) is 12.4. The predicted molar refractivity (Wildman–Crippen MR) is 59.1 cm³/mol. The van der Waals surface area contributed by atoms with Crippen LogP contribution in [0.4, 0.5) is 11.4 Å². The van der Waals surface area contributed by atoms with Gasteiger partial charge in [-0.15, -0.1) is 0 Å². The molecule has 19 heavy (non-hydrogen) atoms. The van der Waals surface area contributed by atoms with Crippen molar-refractivity contribution < 1.29 is 24.4 Å². The van der Waals surface area contributed by atoms with Gasteiger partial charge < -0.3 is 9.90 Å². The third-order valence-corrected chi connectivity index (χ3v) is 2.46. The molecule has 0 aromatic heterocycles. The van der Waals surface area contributed by atoms with Gasteiger partial charge >= 0.3 is 0 Å². The standard InChI is InChI=1S/C11H6N2O6/c14-9-3-4-10(15)12(9)7-2-1-6(11(16)17)5-8(7)13(18)19/h1-5H,(H,16,17)/p-1. The van der Waals surface area contributed by atoms with E-state index in [2.05, 4.69) is 0 Å². The molecule has 1 aromatic carbocycles. The van der Waals surface area contributed by atoms with E-state index in [9.17, 15) is 29.6 Å². The van der Waals surface area contributed by atoms with Crippen LogP contribution in [0.1, 0.15) is 10.4 Å². The molecule has 0 saturated heterocycles. The highest BCUT2D eigenvalue weighted by molar-refractivity contribution is 6.28. The summed E-state index contributed by atoms with van der Waals surface area (Å²) in [6, 6.07) is 2.78. The molecule has 0 atom stereocenters. The maximum Gasteiger partial charge on any atom is 0.294 e. The number of amides is 2. The third kappa shape index (κ3) is 2.06. The van der Waals surface area contributed by atoms with Crippen LogP contribution < -0.4 is 10.0 Å². The number of benzene rings is 1. The Morgan fingerprint density at radius 1 is 1.16 bits per heavy atom. The lowest BCUT2D eigenvalue weighted by Crippen LogP contribution is -2.30. The molecule has 8 heteroatoms. The Balaban J connectivity index is 2.58. The van der Waals surface area contributed by atoms with Gasteiger partial charge in [-0.2, -0.15) is 0 Å². The number of hydrogen-bond acceptors (Lipinski definition) is 6. The first-order valence-corrected chi connectivity index (χ1v) is 4.97. The Bertz CT molecular complexity index is 631. The molecule has 8 nitrogen and oxygen atoms in total. The van der Waals surface area contributed by atoms with Crippen molar-refractivity contribution in [3.8, 4) is 0 Å². The highest BCUT2D eigenvalue weighted by Gasteiger charge is 2.31. The third-order valence-electron chi connectivity index (χ3n) is 2.46. The van der Waals surface area contributed by atoms with Crippen LogP contribution in [-0.2, 0) is 9.59 Å². The number of aromatic carboxylic acids is 1. The molecule has 1 heterocycles. The van der Waals surface area contributed by atoms with Crippen molar-refractivity contribution >= 4 is 29.2 Å². The van der Waals surface area contributed by atoms with Crippen LogP contribution in [0.5, 0.6) is 0 Å². The molecule has 1 aliphatic rings. The maximum atomic E-state index is 11.4. The summed E-state index contributed by atoms with van der Waals surface area (Å²) in [7, 11) is 0. The van der Waals surface area contributed by atoms with Crippen LogP contribution in [-0.4, -0.2) is 22.7 Å². The summed E-state index contributed by atoms with van der Waals surface area (Å²) in [5.41, 5.74) is -1.36. The molecule has 1 aromatic rings. The minimum atomic E-state index is -1.59. The van der Waals surface area contributed by atoms with Gasteiger partial charge in [0.1, 0.15) is 5.69 Å². The minimum Gasteiger partial charge on any atom is -0.545 e. The van der Waals surface area contributed by atoms with E-state index in [-0.39, 0.29) is 5.69 Å². The van der Waals surface area contributed by atoms with Crippen LogP contribution in [0.15, 0.2) is 30.4 Å². The number of anilines is 1. The highest BCUT2D eigenvalue weighted by atomic mass is 16.6. The first-order chi connectivity index (χ1) is 8.91. The number of carboxylic acids is 1. The van der Waals surface area contributed by atoms with Crippen LogP contribution in [0.2, 0.25) is 0 Å². The molecule has 0 bridgehead atoms. The zero-order valence-corrected chi connectivity index (χ0v) is 9.23. The van der Waals surface area contributed by atoms with E-state index in [4.69, 9.17) is 0 Å². The zero-order chi connectivity index (χ0) is 14.2. The van der Waals surface area contributed by atoms with Crippen molar-refractivity contribution in [1.82, 2.24) is 0 Å². The lowest BCUT2D eigenvalue weighted by atomic mass is 10.1. The van der Waals surface area contributed by atoms with E-state index in [1.165, 1.54) is 0 Å². The highest BCUT2D eigenvalue weighted by Crippen LogP contribution is 2.31. The Labute approximate surface area is 105 Å². The zero-order valence-electron chi connectivity index (χ0n) is 9.23. The number of carboxylic acid groups (broad SMARTS) is 1. The van der Waals surface area contributed by atoms with Gasteiger partial charge in [0.25, 0.3) is 17.5 Å². The second-order valence-electron chi connectivity index (χ2n) is 3.59. The van der Waals surface area contributed by atoms with Crippen molar-refractivity contribution in [3.63, 3.8) is 0 Å². The van der Waals surface area contributed by atoms with Gasteiger partial charge in [0.2, 0.25) is 0 Å². The van der Waals surface area contributed by atoms with Crippen LogP contribution in [0.3, 0.4) is 0 Å². The quantitative estimate of drug-likeness (QED) is 0.406. The molecule has 0 saturated carbocycles. The van der Waals surface area contributed by atoms with Gasteiger partial charge in [-0.25, -0.2) is 4.90 Å². The normalized spacial score (nSPS) is 14.0. The second kappa shape index (κ2) is 4.33. The number of carbonyl (C=O) groups is 3. The van der Waals surface area contributed by atoms with Crippen molar-refractivity contribution in [2.24, 2.45) is 0 Å². The lowest BCUT2D eigenvalue weighted by molar-refractivity contribution is -0.384. The number of imide groups is 1. The molecule has 0 unspecified atom stereocenters. The topological polar surface area (TPSA) is 121 Å². The predicted octanol–water partition coefficient (Wildman–Crippen LogP) is -0.612. The summed E-state index contributed by atoms with van der Waals surface area (Å²) in [6.07, 6.45) is 1.94. The van der Waals surface area contributed by atoms with E-state index in [1.54, 1.807) is 0 Å². The average molecular weight is 261 g/mol. The summed E-state index contributed by atoms with van der Waals surface area (Å²) >= 11 is 0. The lowest BCUT2D eigenvalue weighted by Gasteiger charge is -2.14. The number of nitro groups is 1. The molecule has 0 spiro atoms. The molecular formula is C11H5N2O6-. The van der Waals surface area contributed by atoms with E-state index in [0.717, 1.165) is 30.4 Å². The number of nitrogens with zero attached hydrogens (tertiary/aromatic N) is 2. The molecular weight excluding hydrogens is 256 g/mol. The number of nitro benzene ring substituents is 1. The van der Waals surface area contributed by atoms with Crippen LogP contribution in [0.25, 0.3) is 0 Å². The second-order valence-corrected chi connectivity index (χ2v) is 3.59. The molecule has 1 aliphatic heterocycles. The smallest absolute Gasteiger partial charge is 0.294 e. The first-order valence-electron chi connectivity index (χ1n) is 4.97. The number of hydrogen-bond donors (Lipinski definition) is 0. The summed E-state index contributed by atoms with van der Waals surface area (Å²) < 4.78 is 0. The molecule has 0 N–H and O–H groups in total. The van der Waals surface area contributed by atoms with Crippen molar-refractivity contribution in [1.29, 1.82) is 0 Å². The molecule has 0 fully saturated rings. The molecule has 2 rings (SSSR count). The van der Waals surface area contributed by atoms with Gasteiger partial charge in [-0.3, -0.25) is 19.7 Å². The molecule has 0 radical (unpaired) electrons. The van der Waals surface area contributed by atoms with Crippen molar-refractivity contribution in [2.75, 3.05) is 4.90 Å². The van der Waals surface area contributed by atoms with Gasteiger partial charge in [0.15, 0.2) is 0 Å². The number of carbonyl (C=O) groups excluding carboxylic acids is 3. The summed E-state index contributed by atoms with van der Waals surface area (Å²) in [6.45, 7) is 0. The van der Waals surface area contributed by atoms with E-state index < -0.39 is 34.0 Å². The molecule has 2 amide bonds. The Kier molecular flexibility index (Phi) is 2.83. The maximum absolute atomic E-state index is 11.4. The fourth-order valence-electron chi connectivity index (χ4n) is 1.62. The Morgan fingerprint density at radius 2 is 1.74 bits per heavy atom. The summed E-state index contributed by atoms with van der Waals surface area (Å²) in [5, 5.41) is 21.5. The fourth-order valence-corrected chi connectivity index (χ4v) is 1.62.